The van der Waals surface area contributed by atoms with Gasteiger partial charge >= 0.3 is 5.97 Å². The molecule has 0 saturated carbocycles. The van der Waals surface area contributed by atoms with E-state index in [4.69, 9.17) is 0 Å². The molecule has 3 N–H and O–H groups in total. The highest BCUT2D eigenvalue weighted by Crippen LogP contribution is 2.51. The van der Waals surface area contributed by atoms with Gasteiger partial charge in [-0.3, -0.25) is 9.59 Å². The van der Waals surface area contributed by atoms with Gasteiger partial charge in [0.15, 0.2) is 0 Å². The van der Waals surface area contributed by atoms with E-state index in [0.29, 0.717) is 17.9 Å². The molecule has 0 aromatic heterocycles. The molecule has 3 heterocycles. The second kappa shape index (κ2) is 6.86. The lowest BCUT2D eigenvalue weighted by Crippen LogP contribution is -2.63. The quantitative estimate of drug-likeness (QED) is 0.559. The van der Waals surface area contributed by atoms with Gasteiger partial charge in [0.2, 0.25) is 11.8 Å². The molecule has 26 heavy (non-hydrogen) atoms. The fourth-order valence-electron chi connectivity index (χ4n) is 4.15. The van der Waals surface area contributed by atoms with Crippen molar-refractivity contribution in [1.29, 1.82) is 0 Å². The molecule has 2 fully saturated rings. The molecule has 3 aliphatic rings. The van der Waals surface area contributed by atoms with Crippen LogP contribution in [0.2, 0.25) is 0 Å². The Hall–Kier alpha value is -1.58. The fraction of sp³-hybridized carbons (Fsp3) is 0.706. The molecule has 0 aromatic carbocycles. The van der Waals surface area contributed by atoms with Crippen molar-refractivity contribution in [2.24, 2.45) is 11.8 Å². The number of aliphatic carboxylic acids is 1. The topological polar surface area (TPSA) is 110 Å². The summed E-state index contributed by atoms with van der Waals surface area (Å²) < 4.78 is 0. The zero-order valence-corrected chi connectivity index (χ0v) is 16.1. The number of hydrogen-bond donors (Lipinski definition) is 3. The van der Waals surface area contributed by atoms with Gasteiger partial charge in [-0.1, -0.05) is 6.92 Å². The molecule has 0 aliphatic carbocycles. The second-order valence-electron chi connectivity index (χ2n) is 7.44. The molecule has 3 aliphatic heterocycles. The molecule has 144 valence electrons. The second-order valence-corrected chi connectivity index (χ2v) is 8.78. The number of nitrogens with one attached hydrogen (secondary N) is 1. The Bertz CT molecular complexity index is 677. The zero-order chi connectivity index (χ0) is 19.3. The van der Waals surface area contributed by atoms with Crippen molar-refractivity contribution in [3.63, 3.8) is 0 Å². The van der Waals surface area contributed by atoms with E-state index in [2.05, 4.69) is 5.32 Å². The SMILES string of the molecule is C[C@@H](O)[C@H]1C(=O)N2C(C(=O)O)=C(S[C@@H]3CNC(C(=O)N(C)C)C3)[C@H](C)[C@H]12. The minimum atomic E-state index is -1.12. The highest BCUT2D eigenvalue weighted by molar-refractivity contribution is 8.03. The summed E-state index contributed by atoms with van der Waals surface area (Å²) in [5, 5.41) is 22.8. The molecule has 2 saturated heterocycles. The van der Waals surface area contributed by atoms with Crippen molar-refractivity contribution >= 4 is 29.5 Å². The van der Waals surface area contributed by atoms with Crippen molar-refractivity contribution < 1.29 is 24.6 Å². The summed E-state index contributed by atoms with van der Waals surface area (Å²) >= 11 is 1.45. The van der Waals surface area contributed by atoms with E-state index in [-0.39, 0.29) is 40.8 Å². The van der Waals surface area contributed by atoms with Crippen LogP contribution in [0.3, 0.4) is 0 Å². The van der Waals surface area contributed by atoms with Crippen LogP contribution in [0.25, 0.3) is 0 Å². The molecule has 0 spiro atoms. The van der Waals surface area contributed by atoms with Crippen LogP contribution in [0.15, 0.2) is 10.6 Å². The average molecular weight is 383 g/mol. The number of likely N-dealkylation sites (N-methyl/N-ethyl adjacent to an activating group) is 1. The minimum absolute atomic E-state index is 0.00757. The Labute approximate surface area is 156 Å². The molecule has 0 radical (unpaired) electrons. The van der Waals surface area contributed by atoms with Crippen molar-refractivity contribution in [3.05, 3.63) is 10.6 Å². The molecule has 2 amide bonds. The molecule has 8 nitrogen and oxygen atoms in total. The van der Waals surface area contributed by atoms with Crippen LogP contribution < -0.4 is 5.32 Å². The Morgan fingerprint density at radius 2 is 2.04 bits per heavy atom. The standard InChI is InChI=1S/C17H25N3O5S/c1-7-12-11(8(2)21)16(23)20(12)13(17(24)25)14(7)26-9-5-10(18-6-9)15(22)19(3)4/h7-12,18,21H,5-6H2,1-4H3,(H,24,25)/t7-,8-,9+,10?,11-,12-/m1/s1. The number of carboxylic acid groups (broad SMARTS) is 1. The largest absolute Gasteiger partial charge is 0.477 e. The first kappa shape index (κ1) is 19.2. The summed E-state index contributed by atoms with van der Waals surface area (Å²) in [6, 6.07) is -0.568. The minimum Gasteiger partial charge on any atom is -0.477 e. The lowest BCUT2D eigenvalue weighted by Gasteiger charge is -2.46. The lowest BCUT2D eigenvalue weighted by atomic mass is 9.79. The van der Waals surface area contributed by atoms with E-state index >= 15 is 0 Å². The van der Waals surface area contributed by atoms with Gasteiger partial charge < -0.3 is 25.3 Å². The molecule has 3 rings (SSSR count). The van der Waals surface area contributed by atoms with Gasteiger partial charge in [0.25, 0.3) is 0 Å². The predicted octanol–water partition coefficient (Wildman–Crippen LogP) is -0.308. The summed E-state index contributed by atoms with van der Waals surface area (Å²) in [7, 11) is 3.42. The van der Waals surface area contributed by atoms with E-state index in [1.54, 1.807) is 25.9 Å². The number of aliphatic hydroxyl groups excluding tert-OH is 1. The number of carbonyl (C=O) groups is 3. The number of fused-ring (bicyclic) bond motifs is 1. The fourth-order valence-corrected chi connectivity index (χ4v) is 5.63. The number of hydrogen-bond acceptors (Lipinski definition) is 6. The maximum Gasteiger partial charge on any atom is 0.353 e. The first-order chi connectivity index (χ1) is 12.1. The van der Waals surface area contributed by atoms with Gasteiger partial charge in [0.1, 0.15) is 5.70 Å². The number of rotatable bonds is 5. The summed E-state index contributed by atoms with van der Waals surface area (Å²) in [6.07, 6.45) is -0.190. The lowest BCUT2D eigenvalue weighted by molar-refractivity contribution is -0.163. The summed E-state index contributed by atoms with van der Waals surface area (Å²) in [5.41, 5.74) is 0.0387. The maximum absolute atomic E-state index is 12.3. The van der Waals surface area contributed by atoms with Gasteiger partial charge in [0.05, 0.1) is 24.1 Å². The molecular formula is C17H25N3O5S. The van der Waals surface area contributed by atoms with Crippen LogP contribution in [0, 0.1) is 11.8 Å². The van der Waals surface area contributed by atoms with Gasteiger partial charge in [0, 0.05) is 36.7 Å². The first-order valence-electron chi connectivity index (χ1n) is 8.75. The third kappa shape index (κ3) is 2.91. The molecule has 0 aromatic rings. The maximum atomic E-state index is 12.3. The number of amides is 2. The third-order valence-corrected chi connectivity index (χ3v) is 6.95. The van der Waals surface area contributed by atoms with Crippen LogP contribution in [-0.4, -0.2) is 81.9 Å². The van der Waals surface area contributed by atoms with Crippen LogP contribution in [0.4, 0.5) is 0 Å². The van der Waals surface area contributed by atoms with E-state index < -0.39 is 18.0 Å². The number of carboxylic acids is 1. The van der Waals surface area contributed by atoms with Crippen molar-refractivity contribution in [3.8, 4) is 0 Å². The van der Waals surface area contributed by atoms with Crippen molar-refractivity contribution in [2.75, 3.05) is 20.6 Å². The van der Waals surface area contributed by atoms with E-state index in [1.165, 1.54) is 16.7 Å². The molecule has 6 atom stereocenters. The summed E-state index contributed by atoms with van der Waals surface area (Å²) in [6.45, 7) is 4.08. The summed E-state index contributed by atoms with van der Waals surface area (Å²) in [5.74, 6) is -2.14. The molecular weight excluding hydrogens is 358 g/mol. The highest BCUT2D eigenvalue weighted by atomic mass is 32.2. The third-order valence-electron chi connectivity index (χ3n) is 5.43. The number of nitrogens with zero attached hydrogens (tertiary/aromatic N) is 2. The van der Waals surface area contributed by atoms with E-state index in [9.17, 15) is 24.6 Å². The molecule has 9 heteroatoms. The highest BCUT2D eigenvalue weighted by Gasteiger charge is 2.60. The van der Waals surface area contributed by atoms with Gasteiger partial charge in [-0.25, -0.2) is 4.79 Å². The monoisotopic (exact) mass is 383 g/mol. The number of carbonyl (C=O) groups excluding carboxylic acids is 2. The first-order valence-corrected chi connectivity index (χ1v) is 9.62. The van der Waals surface area contributed by atoms with Crippen molar-refractivity contribution in [1.82, 2.24) is 15.1 Å². The van der Waals surface area contributed by atoms with Gasteiger partial charge in [-0.2, -0.15) is 0 Å². The number of thioether (sulfide) groups is 1. The van der Waals surface area contributed by atoms with Crippen LogP contribution >= 0.6 is 11.8 Å². The van der Waals surface area contributed by atoms with E-state index in [1.807, 2.05) is 6.92 Å². The average Bonchev–Trinajstić information content (AvgIpc) is 3.09. The smallest absolute Gasteiger partial charge is 0.353 e. The molecule has 0 bridgehead atoms. The Balaban J connectivity index is 1.78. The zero-order valence-electron chi connectivity index (χ0n) is 15.3. The number of β-lactam (4-membered cyclic amide) rings is 1. The Kier molecular flexibility index (Phi) is 5.06. The Morgan fingerprint density at radius 1 is 1.38 bits per heavy atom. The Morgan fingerprint density at radius 3 is 2.58 bits per heavy atom. The van der Waals surface area contributed by atoms with Crippen LogP contribution in [0.1, 0.15) is 20.3 Å². The van der Waals surface area contributed by atoms with Crippen molar-refractivity contribution in [2.45, 2.75) is 43.7 Å². The van der Waals surface area contributed by atoms with Crippen LogP contribution in [-0.2, 0) is 14.4 Å². The van der Waals surface area contributed by atoms with E-state index in [0.717, 1.165) is 0 Å². The van der Waals surface area contributed by atoms with Gasteiger partial charge in [-0.15, -0.1) is 11.8 Å². The van der Waals surface area contributed by atoms with Crippen LogP contribution in [0.5, 0.6) is 0 Å². The number of aliphatic hydroxyl groups is 1. The molecule has 1 unspecified atom stereocenters. The summed E-state index contributed by atoms with van der Waals surface area (Å²) in [4.78, 5) is 39.8. The normalized spacial score (nSPS) is 34.6. The predicted molar refractivity (Wildman–Crippen MR) is 96.1 cm³/mol. The van der Waals surface area contributed by atoms with Gasteiger partial charge in [-0.05, 0) is 13.3 Å².